The first-order chi connectivity index (χ1) is 17.2. The van der Waals surface area contributed by atoms with Crippen LogP contribution in [0.4, 0.5) is 23.3 Å². The molecule has 7 nitrogen and oxygen atoms in total. The van der Waals surface area contributed by atoms with E-state index >= 15 is 0 Å². The highest BCUT2D eigenvalue weighted by molar-refractivity contribution is 7.22. The lowest BCUT2D eigenvalue weighted by atomic mass is 10.1. The zero-order valence-electron chi connectivity index (χ0n) is 18.8. The third-order valence-electron chi connectivity index (χ3n) is 5.82. The number of nitrogen functional groups attached to an aromatic ring is 1. The van der Waals surface area contributed by atoms with Crippen LogP contribution in [0.5, 0.6) is 0 Å². The van der Waals surface area contributed by atoms with Crippen molar-refractivity contribution in [2.75, 3.05) is 22.9 Å². The van der Waals surface area contributed by atoms with Gasteiger partial charge in [0.25, 0.3) is 0 Å². The fourth-order valence-corrected chi connectivity index (χ4v) is 5.27. The van der Waals surface area contributed by atoms with Gasteiger partial charge in [-0.25, -0.2) is 0 Å². The van der Waals surface area contributed by atoms with E-state index < -0.39 is 0 Å². The van der Waals surface area contributed by atoms with Crippen LogP contribution in [0, 0.1) is 0 Å². The molecule has 8 heteroatoms. The lowest BCUT2D eigenvalue weighted by Crippen LogP contribution is -2.09. The lowest BCUT2D eigenvalue weighted by molar-refractivity contribution is 1.00. The average molecular weight is 478 g/mol. The summed E-state index contributed by atoms with van der Waals surface area (Å²) in [6.07, 6.45) is 2.73. The molecule has 3 heterocycles. The van der Waals surface area contributed by atoms with Gasteiger partial charge in [0.2, 0.25) is 5.95 Å². The van der Waals surface area contributed by atoms with Crippen LogP contribution in [-0.2, 0) is 6.42 Å². The topological polar surface area (TPSA) is 105 Å². The third-order valence-corrected chi connectivity index (χ3v) is 6.97. The molecule has 5 N–H and O–H groups in total. The van der Waals surface area contributed by atoms with Gasteiger partial charge in [0.1, 0.15) is 11.6 Å². The number of H-pyrrole nitrogens is 1. The van der Waals surface area contributed by atoms with Gasteiger partial charge in [-0.15, -0.1) is 11.3 Å². The largest absolute Gasteiger partial charge is 0.370 e. The maximum Gasteiger partial charge on any atom is 0.223 e. The van der Waals surface area contributed by atoms with Crippen LogP contribution in [0.3, 0.4) is 0 Å². The molecule has 0 radical (unpaired) electrons. The normalized spacial score (nSPS) is 11.2. The van der Waals surface area contributed by atoms with Gasteiger partial charge in [0.15, 0.2) is 0 Å². The number of rotatable bonds is 7. The maximum absolute atomic E-state index is 6.02. The van der Waals surface area contributed by atoms with E-state index in [-0.39, 0.29) is 5.95 Å². The Morgan fingerprint density at radius 1 is 0.857 bits per heavy atom. The minimum Gasteiger partial charge on any atom is -0.370 e. The fraction of sp³-hybridized carbons (Fsp3) is 0.0741. The molecule has 3 aromatic heterocycles. The van der Waals surface area contributed by atoms with Gasteiger partial charge in [0, 0.05) is 38.8 Å². The second-order valence-electron chi connectivity index (χ2n) is 8.29. The molecule has 6 aromatic rings. The van der Waals surface area contributed by atoms with E-state index in [9.17, 15) is 0 Å². The quantitative estimate of drug-likeness (QED) is 0.218. The van der Waals surface area contributed by atoms with E-state index in [0.717, 1.165) is 35.1 Å². The van der Waals surface area contributed by atoms with Gasteiger partial charge < -0.3 is 16.4 Å². The highest BCUT2D eigenvalue weighted by Gasteiger charge is 2.12. The summed E-state index contributed by atoms with van der Waals surface area (Å²) < 4.78 is 1.25. The maximum atomic E-state index is 6.02. The molecule has 35 heavy (non-hydrogen) atoms. The van der Waals surface area contributed by atoms with E-state index in [0.29, 0.717) is 11.6 Å². The SMILES string of the molecule is Nc1nc(NCCc2ccccc2)cc(Nc2cc(-c3cc4ccccc4s3)c3[nH]ncc3c2)n1. The Morgan fingerprint density at radius 3 is 2.57 bits per heavy atom. The summed E-state index contributed by atoms with van der Waals surface area (Å²) in [4.78, 5) is 9.91. The summed E-state index contributed by atoms with van der Waals surface area (Å²) in [5.74, 6) is 1.53. The molecular weight excluding hydrogens is 454 g/mol. The standard InChI is InChI=1S/C27H23N7S/c28-27-32-24(29-11-10-17-6-2-1-3-7-17)15-25(33-27)31-20-12-19-16-30-34-26(19)21(14-20)23-13-18-8-4-5-9-22(18)35-23/h1-9,12-16H,10-11H2,(H,30,34)(H4,28,29,31,32,33). The number of hydrogen-bond donors (Lipinski definition) is 4. The molecule has 0 spiro atoms. The van der Waals surface area contributed by atoms with Gasteiger partial charge in [0.05, 0.1) is 11.7 Å². The Hall–Kier alpha value is -4.43. The van der Waals surface area contributed by atoms with Gasteiger partial charge in [-0.1, -0.05) is 48.5 Å². The Kier molecular flexibility index (Phi) is 5.48. The second kappa shape index (κ2) is 9.08. The molecule has 0 amide bonds. The van der Waals surface area contributed by atoms with Crippen molar-refractivity contribution >= 4 is 55.6 Å². The number of anilines is 4. The Labute approximate surface area is 206 Å². The highest BCUT2D eigenvalue weighted by atomic mass is 32.1. The van der Waals surface area contributed by atoms with E-state index in [1.165, 1.54) is 20.5 Å². The molecule has 0 atom stereocenters. The predicted octanol–water partition coefficient (Wildman–Crippen LogP) is 6.22. The Bertz CT molecular complexity index is 1590. The number of fused-ring (bicyclic) bond motifs is 2. The number of aromatic nitrogens is 4. The van der Waals surface area contributed by atoms with E-state index in [4.69, 9.17) is 5.73 Å². The van der Waals surface area contributed by atoms with Gasteiger partial charge in [-0.2, -0.15) is 15.1 Å². The molecule has 0 bridgehead atoms. The van der Waals surface area contributed by atoms with Crippen molar-refractivity contribution < 1.29 is 0 Å². The van der Waals surface area contributed by atoms with Crippen molar-refractivity contribution in [3.8, 4) is 10.4 Å². The first-order valence-corrected chi connectivity index (χ1v) is 12.2. The number of hydrogen-bond acceptors (Lipinski definition) is 7. The summed E-state index contributed by atoms with van der Waals surface area (Å²) in [5.41, 5.74) is 10.3. The predicted molar refractivity (Wildman–Crippen MR) is 145 cm³/mol. The summed E-state index contributed by atoms with van der Waals surface area (Å²) in [6.45, 7) is 0.747. The minimum atomic E-state index is 0.214. The first kappa shape index (κ1) is 21.1. The lowest BCUT2D eigenvalue weighted by Gasteiger charge is -2.11. The summed E-state index contributed by atoms with van der Waals surface area (Å²) in [7, 11) is 0. The van der Waals surface area contributed by atoms with Gasteiger partial charge in [-0.05, 0) is 41.6 Å². The van der Waals surface area contributed by atoms with Crippen molar-refractivity contribution in [1.29, 1.82) is 0 Å². The van der Waals surface area contributed by atoms with Crippen LogP contribution in [0.15, 0.2) is 85.1 Å². The van der Waals surface area contributed by atoms with E-state index in [2.05, 4.69) is 85.4 Å². The van der Waals surface area contributed by atoms with Crippen molar-refractivity contribution in [3.63, 3.8) is 0 Å². The minimum absolute atomic E-state index is 0.214. The Morgan fingerprint density at radius 2 is 1.69 bits per heavy atom. The number of aromatic amines is 1. The number of nitrogens with zero attached hydrogens (tertiary/aromatic N) is 3. The number of benzene rings is 3. The molecule has 0 aliphatic heterocycles. The van der Waals surface area contributed by atoms with Crippen molar-refractivity contribution in [3.05, 3.63) is 90.6 Å². The van der Waals surface area contributed by atoms with Crippen LogP contribution < -0.4 is 16.4 Å². The molecular formula is C27H23N7S. The average Bonchev–Trinajstić information content (AvgIpc) is 3.51. The molecule has 3 aromatic carbocycles. The molecule has 0 saturated heterocycles. The molecule has 0 saturated carbocycles. The zero-order valence-corrected chi connectivity index (χ0v) is 19.6. The molecule has 0 unspecified atom stereocenters. The Balaban J connectivity index is 1.27. The van der Waals surface area contributed by atoms with Crippen LogP contribution in [0.1, 0.15) is 5.56 Å². The number of thiophene rings is 1. The highest BCUT2D eigenvalue weighted by Crippen LogP contribution is 2.38. The van der Waals surface area contributed by atoms with Crippen LogP contribution >= 0.6 is 11.3 Å². The van der Waals surface area contributed by atoms with Crippen LogP contribution in [0.25, 0.3) is 31.4 Å². The van der Waals surface area contributed by atoms with Crippen molar-refractivity contribution in [2.45, 2.75) is 6.42 Å². The smallest absolute Gasteiger partial charge is 0.223 e. The number of nitrogens with two attached hydrogens (primary N) is 1. The van der Waals surface area contributed by atoms with E-state index in [1.54, 1.807) is 11.3 Å². The summed E-state index contributed by atoms with van der Waals surface area (Å²) >= 11 is 1.76. The van der Waals surface area contributed by atoms with Crippen LogP contribution in [0.2, 0.25) is 0 Å². The molecule has 172 valence electrons. The first-order valence-electron chi connectivity index (χ1n) is 11.4. The van der Waals surface area contributed by atoms with Gasteiger partial charge >= 0.3 is 0 Å². The third kappa shape index (κ3) is 4.51. The van der Waals surface area contributed by atoms with Crippen molar-refractivity contribution in [1.82, 2.24) is 20.2 Å². The number of nitrogens with one attached hydrogen (secondary N) is 3. The zero-order chi connectivity index (χ0) is 23.6. The second-order valence-corrected chi connectivity index (χ2v) is 9.37. The molecule has 0 aliphatic rings. The fourth-order valence-electron chi connectivity index (χ4n) is 4.19. The summed E-state index contributed by atoms with van der Waals surface area (Å²) in [6, 6.07) is 27.0. The van der Waals surface area contributed by atoms with Crippen LogP contribution in [-0.4, -0.2) is 26.7 Å². The van der Waals surface area contributed by atoms with Gasteiger partial charge in [-0.3, -0.25) is 5.10 Å². The molecule has 0 fully saturated rings. The molecule has 0 aliphatic carbocycles. The van der Waals surface area contributed by atoms with E-state index in [1.807, 2.05) is 30.5 Å². The van der Waals surface area contributed by atoms with Crippen molar-refractivity contribution in [2.24, 2.45) is 0 Å². The monoisotopic (exact) mass is 477 g/mol. The molecule has 6 rings (SSSR count). The summed E-state index contributed by atoms with van der Waals surface area (Å²) in [5, 5.41) is 16.4.